The molecule has 0 radical (unpaired) electrons. The molecule has 1 aliphatic heterocycles. The average molecular weight is 306 g/mol. The molecule has 0 spiro atoms. The summed E-state index contributed by atoms with van der Waals surface area (Å²) in [5, 5.41) is 2.36. The summed E-state index contributed by atoms with van der Waals surface area (Å²) in [6, 6.07) is 3.60. The molecule has 2 heterocycles. The minimum atomic E-state index is -0.266. The van der Waals surface area contributed by atoms with Gasteiger partial charge in [-0.2, -0.15) is 0 Å². The maximum absolute atomic E-state index is 12.4. The van der Waals surface area contributed by atoms with Crippen molar-refractivity contribution in [2.45, 2.75) is 20.8 Å². The summed E-state index contributed by atoms with van der Waals surface area (Å²) in [6.45, 7) is 5.64. The third-order valence-electron chi connectivity index (χ3n) is 3.56. The molecular formula is C15H12ClNO2S. The van der Waals surface area contributed by atoms with E-state index in [0.717, 1.165) is 16.7 Å². The van der Waals surface area contributed by atoms with E-state index in [2.05, 4.69) is 0 Å². The predicted octanol–water partition coefficient (Wildman–Crippen LogP) is 4.13. The number of hydrogen-bond acceptors (Lipinski definition) is 3. The lowest BCUT2D eigenvalue weighted by Crippen LogP contribution is -2.31. The molecule has 1 aromatic heterocycles. The molecule has 3 nitrogen and oxygen atoms in total. The van der Waals surface area contributed by atoms with Gasteiger partial charge in [0.15, 0.2) is 0 Å². The lowest BCUT2D eigenvalue weighted by atomic mass is 10.0. The number of thiophene rings is 1. The van der Waals surface area contributed by atoms with Gasteiger partial charge in [0.1, 0.15) is 4.88 Å². The van der Waals surface area contributed by atoms with E-state index in [4.69, 9.17) is 11.6 Å². The molecule has 0 saturated carbocycles. The molecule has 1 aliphatic rings. The molecule has 2 amide bonds. The van der Waals surface area contributed by atoms with E-state index in [-0.39, 0.29) is 11.8 Å². The molecule has 0 fully saturated rings. The Morgan fingerprint density at radius 3 is 2.45 bits per heavy atom. The van der Waals surface area contributed by atoms with Crippen LogP contribution < -0.4 is 4.90 Å². The van der Waals surface area contributed by atoms with Crippen molar-refractivity contribution in [3.05, 3.63) is 49.7 Å². The summed E-state index contributed by atoms with van der Waals surface area (Å²) in [6.07, 6.45) is 0. The first-order valence-electron chi connectivity index (χ1n) is 6.16. The Balaban J connectivity index is 2.22. The zero-order valence-electron chi connectivity index (χ0n) is 11.3. The van der Waals surface area contributed by atoms with E-state index in [1.165, 1.54) is 16.2 Å². The second kappa shape index (κ2) is 4.43. The number of fused-ring (bicyclic) bond motifs is 1. The number of nitrogens with zero attached hydrogens (tertiary/aromatic N) is 1. The second-order valence-corrected chi connectivity index (χ2v) is 6.20. The predicted molar refractivity (Wildman–Crippen MR) is 81.1 cm³/mol. The van der Waals surface area contributed by atoms with Crippen molar-refractivity contribution in [3.63, 3.8) is 0 Å². The Morgan fingerprint density at radius 2 is 1.80 bits per heavy atom. The van der Waals surface area contributed by atoms with Crippen molar-refractivity contribution in [1.82, 2.24) is 0 Å². The van der Waals surface area contributed by atoms with E-state index >= 15 is 0 Å². The van der Waals surface area contributed by atoms with Crippen LogP contribution in [0.2, 0.25) is 5.02 Å². The third-order valence-corrected chi connectivity index (χ3v) is 5.04. The van der Waals surface area contributed by atoms with Gasteiger partial charge >= 0.3 is 0 Å². The number of aryl methyl sites for hydroxylation is 2. The molecule has 0 unspecified atom stereocenters. The zero-order chi connectivity index (χ0) is 14.6. The molecule has 20 heavy (non-hydrogen) atoms. The normalized spacial score (nSPS) is 14.1. The van der Waals surface area contributed by atoms with Crippen LogP contribution in [0.5, 0.6) is 0 Å². The number of imide groups is 1. The van der Waals surface area contributed by atoms with Crippen LogP contribution in [-0.4, -0.2) is 11.8 Å². The number of amides is 2. The van der Waals surface area contributed by atoms with Crippen molar-refractivity contribution in [3.8, 4) is 0 Å². The molecule has 0 aliphatic carbocycles. The Morgan fingerprint density at radius 1 is 1.10 bits per heavy atom. The molecule has 3 rings (SSSR count). The van der Waals surface area contributed by atoms with Gasteiger partial charge in [-0.05, 0) is 48.9 Å². The number of carbonyl (C=O) groups is 2. The average Bonchev–Trinajstić information content (AvgIpc) is 2.95. The first-order valence-corrected chi connectivity index (χ1v) is 7.41. The van der Waals surface area contributed by atoms with Gasteiger partial charge in [0.2, 0.25) is 0 Å². The van der Waals surface area contributed by atoms with E-state index < -0.39 is 0 Å². The highest BCUT2D eigenvalue weighted by atomic mass is 35.5. The van der Waals surface area contributed by atoms with Crippen LogP contribution in [0.25, 0.3) is 0 Å². The molecule has 102 valence electrons. The molecule has 0 N–H and O–H groups in total. The van der Waals surface area contributed by atoms with Crippen LogP contribution in [0, 0.1) is 20.8 Å². The quantitative estimate of drug-likeness (QED) is 0.743. The van der Waals surface area contributed by atoms with Crippen LogP contribution >= 0.6 is 22.9 Å². The molecule has 0 saturated heterocycles. The molecule has 0 atom stereocenters. The van der Waals surface area contributed by atoms with E-state index in [0.29, 0.717) is 21.2 Å². The minimum absolute atomic E-state index is 0.258. The van der Waals surface area contributed by atoms with E-state index in [1.807, 2.05) is 26.8 Å². The maximum Gasteiger partial charge on any atom is 0.276 e. The Kier molecular flexibility index (Phi) is 2.96. The highest BCUT2D eigenvalue weighted by molar-refractivity contribution is 7.13. The van der Waals surface area contributed by atoms with Crippen molar-refractivity contribution in [1.29, 1.82) is 0 Å². The van der Waals surface area contributed by atoms with Crippen LogP contribution in [0.3, 0.4) is 0 Å². The number of anilines is 1. The minimum Gasteiger partial charge on any atom is -0.268 e. The van der Waals surface area contributed by atoms with Gasteiger partial charge < -0.3 is 0 Å². The van der Waals surface area contributed by atoms with Gasteiger partial charge in [0.05, 0.1) is 11.3 Å². The molecular weight excluding hydrogens is 294 g/mol. The fraction of sp³-hybridized carbons (Fsp3) is 0.200. The lowest BCUT2D eigenvalue weighted by molar-refractivity contribution is 0.0926. The Bertz CT molecular complexity index is 733. The topological polar surface area (TPSA) is 37.4 Å². The van der Waals surface area contributed by atoms with Crippen LogP contribution in [0.15, 0.2) is 17.5 Å². The van der Waals surface area contributed by atoms with Gasteiger partial charge in [-0.25, -0.2) is 4.90 Å². The standard InChI is InChI=1S/C15H12ClNO2S/c1-7-6-8(2)12(9(3)11(7)16)17-14(18)10-4-5-20-13(10)15(17)19/h4-6H,1-3H3. The number of carbonyl (C=O) groups excluding carboxylic acids is 2. The number of halogens is 1. The van der Waals surface area contributed by atoms with Gasteiger partial charge in [-0.1, -0.05) is 17.7 Å². The summed E-state index contributed by atoms with van der Waals surface area (Å²) in [5.74, 6) is -0.525. The van der Waals surface area contributed by atoms with Crippen molar-refractivity contribution in [2.24, 2.45) is 0 Å². The van der Waals surface area contributed by atoms with Crippen molar-refractivity contribution in [2.75, 3.05) is 4.90 Å². The molecule has 5 heteroatoms. The second-order valence-electron chi connectivity index (χ2n) is 4.91. The van der Waals surface area contributed by atoms with E-state index in [1.54, 1.807) is 11.4 Å². The fourth-order valence-electron chi connectivity index (χ4n) is 2.66. The third kappa shape index (κ3) is 1.65. The highest BCUT2D eigenvalue weighted by Gasteiger charge is 2.39. The Hall–Kier alpha value is -1.65. The first-order chi connectivity index (χ1) is 9.43. The Labute approximate surface area is 125 Å². The fourth-order valence-corrected chi connectivity index (χ4v) is 3.62. The summed E-state index contributed by atoms with van der Waals surface area (Å²) >= 11 is 7.56. The van der Waals surface area contributed by atoms with Crippen LogP contribution in [0.1, 0.15) is 36.7 Å². The van der Waals surface area contributed by atoms with Gasteiger partial charge in [-0.15, -0.1) is 11.3 Å². The largest absolute Gasteiger partial charge is 0.276 e. The first kappa shape index (κ1) is 13.3. The van der Waals surface area contributed by atoms with Crippen molar-refractivity contribution < 1.29 is 9.59 Å². The summed E-state index contributed by atoms with van der Waals surface area (Å²) in [5.41, 5.74) is 3.68. The smallest absolute Gasteiger partial charge is 0.268 e. The van der Waals surface area contributed by atoms with Crippen molar-refractivity contribution >= 4 is 40.4 Å². The van der Waals surface area contributed by atoms with Crippen LogP contribution in [0.4, 0.5) is 5.69 Å². The summed E-state index contributed by atoms with van der Waals surface area (Å²) in [7, 11) is 0. The number of hydrogen-bond donors (Lipinski definition) is 0. The van der Waals surface area contributed by atoms with Crippen LogP contribution in [-0.2, 0) is 0 Å². The number of rotatable bonds is 1. The molecule has 1 aromatic carbocycles. The van der Waals surface area contributed by atoms with Gasteiger partial charge in [0.25, 0.3) is 11.8 Å². The maximum atomic E-state index is 12.4. The molecule has 2 aromatic rings. The van der Waals surface area contributed by atoms with Gasteiger partial charge in [-0.3, -0.25) is 9.59 Å². The lowest BCUT2D eigenvalue weighted by Gasteiger charge is -2.21. The molecule has 0 bridgehead atoms. The zero-order valence-corrected chi connectivity index (χ0v) is 12.9. The van der Waals surface area contributed by atoms with Gasteiger partial charge in [0, 0.05) is 5.02 Å². The summed E-state index contributed by atoms with van der Waals surface area (Å²) in [4.78, 5) is 26.6. The summed E-state index contributed by atoms with van der Waals surface area (Å²) < 4.78 is 0. The highest BCUT2D eigenvalue weighted by Crippen LogP contribution is 2.38. The monoisotopic (exact) mass is 305 g/mol. The van der Waals surface area contributed by atoms with E-state index in [9.17, 15) is 9.59 Å². The SMILES string of the molecule is Cc1cc(C)c(N2C(=O)c3ccsc3C2=O)c(C)c1Cl. The number of benzene rings is 1.